The second-order valence-electron chi connectivity index (χ2n) is 6.65. The smallest absolute Gasteiger partial charge is 0.371 e. The van der Waals surface area contributed by atoms with E-state index < -0.39 is 5.97 Å². The van der Waals surface area contributed by atoms with Crippen molar-refractivity contribution in [2.24, 2.45) is 0 Å². The summed E-state index contributed by atoms with van der Waals surface area (Å²) in [5.41, 5.74) is 0.869. The number of carboxylic acid groups (broad SMARTS) is 1. The lowest BCUT2D eigenvalue weighted by atomic mass is 10.1. The van der Waals surface area contributed by atoms with Crippen LogP contribution < -0.4 is 5.56 Å². The highest BCUT2D eigenvalue weighted by atomic mass is 32.1. The van der Waals surface area contributed by atoms with Gasteiger partial charge in [-0.25, -0.2) is 9.78 Å². The quantitative estimate of drug-likeness (QED) is 0.446. The molecule has 0 fully saturated rings. The van der Waals surface area contributed by atoms with Gasteiger partial charge in [-0.1, -0.05) is 19.9 Å². The van der Waals surface area contributed by atoms with Crippen molar-refractivity contribution in [3.63, 3.8) is 0 Å². The Morgan fingerprint density at radius 1 is 1.28 bits per heavy atom. The van der Waals surface area contributed by atoms with E-state index in [0.29, 0.717) is 23.4 Å². The Bertz CT molecular complexity index is 1230. The Kier molecular flexibility index (Phi) is 5.38. The zero-order valence-electron chi connectivity index (χ0n) is 16.1. The number of nitrogens with zero attached hydrogens (tertiary/aromatic N) is 2. The van der Waals surface area contributed by atoms with Gasteiger partial charge in [-0.15, -0.1) is 22.7 Å². The lowest BCUT2D eigenvalue weighted by Crippen LogP contribution is -2.25. The monoisotopic (exact) mass is 428 g/mol. The molecule has 0 aromatic carbocycles. The van der Waals surface area contributed by atoms with Crippen LogP contribution >= 0.6 is 22.7 Å². The maximum atomic E-state index is 13.6. The average molecular weight is 429 g/mol. The summed E-state index contributed by atoms with van der Waals surface area (Å²) in [6, 6.07) is 7.02. The van der Waals surface area contributed by atoms with E-state index in [1.165, 1.54) is 6.07 Å². The van der Waals surface area contributed by atoms with Crippen molar-refractivity contribution >= 4 is 38.9 Å². The zero-order chi connectivity index (χ0) is 20.5. The molecule has 4 heterocycles. The van der Waals surface area contributed by atoms with Gasteiger partial charge in [0.15, 0.2) is 0 Å². The Hall–Kier alpha value is -2.71. The first-order valence-electron chi connectivity index (χ1n) is 9.44. The van der Waals surface area contributed by atoms with Gasteiger partial charge >= 0.3 is 5.97 Å². The van der Waals surface area contributed by atoms with Crippen LogP contribution in [0.3, 0.4) is 0 Å². The van der Waals surface area contributed by atoms with Crippen molar-refractivity contribution in [2.75, 3.05) is 0 Å². The highest BCUT2D eigenvalue weighted by molar-refractivity contribution is 7.20. The maximum absolute atomic E-state index is 13.6. The lowest BCUT2D eigenvalue weighted by Gasteiger charge is -2.11. The molecule has 0 bridgehead atoms. The minimum atomic E-state index is -1.13. The molecule has 29 heavy (non-hydrogen) atoms. The van der Waals surface area contributed by atoms with Crippen LogP contribution in [0.15, 0.2) is 38.9 Å². The molecular weight excluding hydrogens is 408 g/mol. The van der Waals surface area contributed by atoms with Gasteiger partial charge in [0.2, 0.25) is 5.76 Å². The van der Waals surface area contributed by atoms with E-state index in [1.54, 1.807) is 33.3 Å². The topological polar surface area (TPSA) is 85.3 Å². The minimum absolute atomic E-state index is 0.105. The van der Waals surface area contributed by atoms with Crippen LogP contribution in [0, 0.1) is 0 Å². The van der Waals surface area contributed by atoms with Gasteiger partial charge in [0.1, 0.15) is 16.4 Å². The van der Waals surface area contributed by atoms with Crippen molar-refractivity contribution in [3.05, 3.63) is 62.2 Å². The summed E-state index contributed by atoms with van der Waals surface area (Å²) in [7, 11) is 0. The summed E-state index contributed by atoms with van der Waals surface area (Å²) in [6.45, 7) is 4.29. The maximum Gasteiger partial charge on any atom is 0.371 e. The number of rotatable bonds is 7. The lowest BCUT2D eigenvalue weighted by molar-refractivity contribution is 0.0660. The van der Waals surface area contributed by atoms with Gasteiger partial charge in [-0.05, 0) is 36.4 Å². The van der Waals surface area contributed by atoms with Gasteiger partial charge in [-0.3, -0.25) is 9.36 Å². The number of fused-ring (bicyclic) bond motifs is 1. The molecule has 0 aliphatic heterocycles. The van der Waals surface area contributed by atoms with E-state index in [2.05, 4.69) is 6.92 Å². The fourth-order valence-electron chi connectivity index (χ4n) is 3.41. The molecule has 0 unspecified atom stereocenters. The third-order valence-corrected chi connectivity index (χ3v) is 6.83. The first-order chi connectivity index (χ1) is 14.0. The normalized spacial score (nSPS) is 11.4. The number of carbonyl (C=O) groups is 1. The van der Waals surface area contributed by atoms with Gasteiger partial charge < -0.3 is 9.52 Å². The molecule has 0 radical (unpaired) electrons. The van der Waals surface area contributed by atoms with Crippen LogP contribution in [0.4, 0.5) is 0 Å². The van der Waals surface area contributed by atoms with Crippen molar-refractivity contribution in [1.29, 1.82) is 0 Å². The molecule has 4 aromatic heterocycles. The second-order valence-corrected chi connectivity index (χ2v) is 8.68. The molecule has 0 amide bonds. The number of furan rings is 1. The molecule has 8 heteroatoms. The van der Waals surface area contributed by atoms with Crippen LogP contribution in [0.25, 0.3) is 20.7 Å². The summed E-state index contributed by atoms with van der Waals surface area (Å²) in [5, 5.41) is 11.7. The molecule has 0 saturated carbocycles. The number of hydrogen-bond acceptors (Lipinski definition) is 6. The first-order valence-corrected chi connectivity index (χ1v) is 11.1. The number of carboxylic acids is 1. The zero-order valence-corrected chi connectivity index (χ0v) is 17.7. The fraction of sp³-hybridized carbons (Fsp3) is 0.286. The van der Waals surface area contributed by atoms with Crippen molar-refractivity contribution in [2.45, 2.75) is 39.7 Å². The largest absolute Gasteiger partial charge is 0.475 e. The number of aryl methyl sites for hydroxylation is 2. The van der Waals surface area contributed by atoms with E-state index in [-0.39, 0.29) is 17.9 Å². The predicted molar refractivity (Wildman–Crippen MR) is 115 cm³/mol. The Morgan fingerprint density at radius 3 is 2.72 bits per heavy atom. The average Bonchev–Trinajstić information content (AvgIpc) is 3.43. The van der Waals surface area contributed by atoms with Crippen molar-refractivity contribution < 1.29 is 14.3 Å². The number of hydrogen-bond donors (Lipinski definition) is 1. The standard InChI is InChI=1S/C21H20N2O4S2/c1-3-6-16-22-19-18(17(14(4-2)29-19)15-7-5-10-28-15)20(24)23(16)11-12-8-9-13(27-12)21(25)26/h5,7-10H,3-4,6,11H2,1-2H3,(H,25,26). The van der Waals surface area contributed by atoms with Gasteiger partial charge in [-0.2, -0.15) is 0 Å². The molecule has 150 valence electrons. The van der Waals surface area contributed by atoms with E-state index in [1.807, 2.05) is 24.4 Å². The SMILES string of the molecule is CCCc1nc2sc(CC)c(-c3cccs3)c2c(=O)n1Cc1ccc(C(=O)O)o1. The second kappa shape index (κ2) is 7.96. The van der Waals surface area contributed by atoms with Gasteiger partial charge in [0.05, 0.1) is 11.9 Å². The summed E-state index contributed by atoms with van der Waals surface area (Å²) < 4.78 is 7.02. The summed E-state index contributed by atoms with van der Waals surface area (Å²) in [6.07, 6.45) is 2.34. The summed E-state index contributed by atoms with van der Waals surface area (Å²) in [4.78, 5) is 32.5. The van der Waals surface area contributed by atoms with E-state index >= 15 is 0 Å². The Morgan fingerprint density at radius 2 is 2.10 bits per heavy atom. The Labute approximate surface area is 175 Å². The van der Waals surface area contributed by atoms with Crippen molar-refractivity contribution in [1.82, 2.24) is 9.55 Å². The van der Waals surface area contributed by atoms with E-state index in [9.17, 15) is 9.59 Å². The molecule has 0 aliphatic carbocycles. The molecule has 6 nitrogen and oxygen atoms in total. The van der Waals surface area contributed by atoms with Crippen LogP contribution in [0.5, 0.6) is 0 Å². The summed E-state index contributed by atoms with van der Waals surface area (Å²) >= 11 is 3.19. The van der Waals surface area contributed by atoms with Crippen LogP contribution in [0.2, 0.25) is 0 Å². The molecule has 0 saturated heterocycles. The molecule has 0 atom stereocenters. The van der Waals surface area contributed by atoms with Crippen LogP contribution in [0.1, 0.15) is 47.3 Å². The number of aromatic nitrogens is 2. The van der Waals surface area contributed by atoms with Gasteiger partial charge in [0, 0.05) is 21.7 Å². The summed E-state index contributed by atoms with van der Waals surface area (Å²) in [5.74, 6) is -0.148. The minimum Gasteiger partial charge on any atom is -0.475 e. The third-order valence-electron chi connectivity index (χ3n) is 4.71. The molecule has 4 rings (SSSR count). The van der Waals surface area contributed by atoms with Crippen LogP contribution in [-0.4, -0.2) is 20.6 Å². The molecule has 0 spiro atoms. The molecule has 0 aliphatic rings. The Balaban J connectivity index is 1.93. The van der Waals surface area contributed by atoms with Crippen molar-refractivity contribution in [3.8, 4) is 10.4 Å². The third kappa shape index (κ3) is 3.54. The first kappa shape index (κ1) is 19.6. The molecule has 1 N–H and O–H groups in total. The molecular formula is C21H20N2O4S2. The predicted octanol–water partition coefficient (Wildman–Crippen LogP) is 5.04. The van der Waals surface area contributed by atoms with E-state index in [4.69, 9.17) is 14.5 Å². The highest BCUT2D eigenvalue weighted by Gasteiger charge is 2.22. The van der Waals surface area contributed by atoms with Crippen LogP contribution in [-0.2, 0) is 19.4 Å². The number of thiophene rings is 2. The number of aromatic carboxylic acids is 1. The molecule has 4 aromatic rings. The van der Waals surface area contributed by atoms with E-state index in [0.717, 1.165) is 33.0 Å². The van der Waals surface area contributed by atoms with Gasteiger partial charge in [0.25, 0.3) is 5.56 Å². The fourth-order valence-corrected chi connectivity index (χ4v) is 5.42. The highest BCUT2D eigenvalue weighted by Crippen LogP contribution is 2.39.